The lowest BCUT2D eigenvalue weighted by Gasteiger charge is -2.49. The van der Waals surface area contributed by atoms with E-state index in [2.05, 4.69) is 10.6 Å². The third-order valence-corrected chi connectivity index (χ3v) is 6.80. The number of piperidine rings is 1. The van der Waals surface area contributed by atoms with Crippen LogP contribution in [0.2, 0.25) is 0 Å². The van der Waals surface area contributed by atoms with Gasteiger partial charge in [-0.3, -0.25) is 4.79 Å². The highest BCUT2D eigenvalue weighted by atomic mass is 19.4. The third-order valence-electron chi connectivity index (χ3n) is 6.80. The molecule has 2 aromatic carbocycles. The molecule has 36 heavy (non-hydrogen) atoms. The highest BCUT2D eigenvalue weighted by molar-refractivity contribution is 5.78. The molecule has 0 aromatic heterocycles. The van der Waals surface area contributed by atoms with Crippen LogP contribution in [0.5, 0.6) is 0 Å². The topological polar surface area (TPSA) is 59.6 Å². The van der Waals surface area contributed by atoms with Crippen molar-refractivity contribution in [2.24, 2.45) is 0 Å². The number of carbonyl (C=O) groups excluding carboxylic acids is 1. The van der Waals surface area contributed by atoms with Crippen LogP contribution in [0.1, 0.15) is 48.1 Å². The molecule has 1 spiro atoms. The van der Waals surface area contributed by atoms with Crippen LogP contribution in [0.25, 0.3) is 0 Å². The molecule has 2 saturated heterocycles. The first-order chi connectivity index (χ1) is 16.8. The van der Waals surface area contributed by atoms with E-state index >= 15 is 0 Å². The van der Waals surface area contributed by atoms with Gasteiger partial charge in [-0.2, -0.15) is 26.3 Å². The van der Waals surface area contributed by atoms with Crippen LogP contribution in [0, 0.1) is 0 Å². The smallest absolute Gasteiger partial charge is 0.372 e. The number of rotatable bonds is 5. The van der Waals surface area contributed by atoms with Crippen molar-refractivity contribution in [2.45, 2.75) is 49.3 Å². The van der Waals surface area contributed by atoms with Gasteiger partial charge in [0.25, 0.3) is 0 Å². The Balaban J connectivity index is 1.57. The Bertz CT molecular complexity index is 1050. The second kappa shape index (κ2) is 9.68. The Labute approximate surface area is 204 Å². The molecule has 0 saturated carbocycles. The number of amides is 1. The fourth-order valence-electron chi connectivity index (χ4n) is 4.69. The Morgan fingerprint density at radius 3 is 2.17 bits per heavy atom. The summed E-state index contributed by atoms with van der Waals surface area (Å²) in [5.41, 5.74) is -3.49. The Kier molecular flexibility index (Phi) is 7.11. The second-order valence-electron chi connectivity index (χ2n) is 9.42. The number of nitrogens with one attached hydrogen (secondary N) is 2. The van der Waals surface area contributed by atoms with Crippen LogP contribution >= 0.6 is 0 Å². The number of hydrogen-bond donors (Lipinski definition) is 2. The lowest BCUT2D eigenvalue weighted by atomic mass is 9.76. The Morgan fingerprint density at radius 2 is 1.64 bits per heavy atom. The van der Waals surface area contributed by atoms with Gasteiger partial charge < -0.3 is 20.1 Å². The highest BCUT2D eigenvalue weighted by Gasteiger charge is 2.46. The van der Waals surface area contributed by atoms with Gasteiger partial charge in [0.2, 0.25) is 5.91 Å². The van der Waals surface area contributed by atoms with Crippen molar-refractivity contribution < 1.29 is 40.6 Å². The van der Waals surface area contributed by atoms with Crippen molar-refractivity contribution in [3.8, 4) is 0 Å². The van der Waals surface area contributed by atoms with Gasteiger partial charge in [-0.05, 0) is 49.1 Å². The first-order valence-corrected chi connectivity index (χ1v) is 11.4. The summed E-state index contributed by atoms with van der Waals surface area (Å²) in [7, 11) is 0. The van der Waals surface area contributed by atoms with E-state index in [1.165, 1.54) is 6.92 Å². The SMILES string of the molecule is CC(OC[C@@]1(c2ccccc2)CCC2(CN1)COCC(=O)N2)c1cc(C(F)(F)F)cc(C(F)(F)F)c1. The van der Waals surface area contributed by atoms with Crippen LogP contribution in [0.3, 0.4) is 0 Å². The van der Waals surface area contributed by atoms with Gasteiger partial charge in [0.05, 0.1) is 41.5 Å². The van der Waals surface area contributed by atoms with Crippen LogP contribution < -0.4 is 10.6 Å². The van der Waals surface area contributed by atoms with Gasteiger partial charge in [-0.1, -0.05) is 30.3 Å². The minimum atomic E-state index is -4.94. The number of halogens is 6. The molecule has 2 fully saturated rings. The minimum Gasteiger partial charge on any atom is -0.372 e. The number of ether oxygens (including phenoxy) is 2. The monoisotopic (exact) mass is 516 g/mol. The molecule has 2 aromatic rings. The van der Waals surface area contributed by atoms with E-state index < -0.39 is 40.7 Å². The van der Waals surface area contributed by atoms with Crippen molar-refractivity contribution in [1.82, 2.24) is 10.6 Å². The van der Waals surface area contributed by atoms with Crippen molar-refractivity contribution in [1.29, 1.82) is 0 Å². The summed E-state index contributed by atoms with van der Waals surface area (Å²) in [6, 6.07) is 10.7. The molecule has 0 radical (unpaired) electrons. The lowest BCUT2D eigenvalue weighted by molar-refractivity contribution is -0.143. The van der Waals surface area contributed by atoms with Gasteiger partial charge in [0, 0.05) is 6.54 Å². The first kappa shape index (κ1) is 26.4. The largest absolute Gasteiger partial charge is 0.416 e. The molecule has 3 atom stereocenters. The van der Waals surface area contributed by atoms with Gasteiger partial charge >= 0.3 is 12.4 Å². The predicted octanol–water partition coefficient (Wildman–Crippen LogP) is 4.97. The molecule has 1 amide bonds. The summed E-state index contributed by atoms with van der Waals surface area (Å²) in [4.78, 5) is 11.9. The highest BCUT2D eigenvalue weighted by Crippen LogP contribution is 2.40. The average molecular weight is 516 g/mol. The summed E-state index contributed by atoms with van der Waals surface area (Å²) in [5, 5.41) is 6.40. The summed E-state index contributed by atoms with van der Waals surface area (Å²) in [6.07, 6.45) is -9.90. The number of hydrogen-bond acceptors (Lipinski definition) is 4. The molecular weight excluding hydrogens is 490 g/mol. The maximum atomic E-state index is 13.3. The molecule has 0 bridgehead atoms. The summed E-state index contributed by atoms with van der Waals surface area (Å²) < 4.78 is 91.2. The van der Waals surface area contributed by atoms with E-state index in [-0.39, 0.29) is 30.8 Å². The maximum Gasteiger partial charge on any atom is 0.416 e. The van der Waals surface area contributed by atoms with Gasteiger partial charge in [0.1, 0.15) is 6.61 Å². The number of morpholine rings is 1. The van der Waals surface area contributed by atoms with E-state index in [1.54, 1.807) is 0 Å². The fraction of sp³-hybridized carbons (Fsp3) is 0.480. The predicted molar refractivity (Wildman–Crippen MR) is 118 cm³/mol. The number of alkyl halides is 6. The van der Waals surface area contributed by atoms with Crippen LogP contribution in [0.15, 0.2) is 48.5 Å². The number of benzene rings is 2. The molecular formula is C25H26F6N2O3. The summed E-state index contributed by atoms with van der Waals surface area (Å²) in [6.45, 7) is 2.09. The lowest BCUT2D eigenvalue weighted by Crippen LogP contribution is -2.68. The number of carbonyl (C=O) groups is 1. The molecule has 0 aliphatic carbocycles. The normalized spacial score (nSPS) is 26.0. The zero-order valence-electron chi connectivity index (χ0n) is 19.4. The molecule has 2 unspecified atom stereocenters. The molecule has 4 rings (SSSR count). The first-order valence-electron chi connectivity index (χ1n) is 11.4. The molecule has 2 N–H and O–H groups in total. The maximum absolute atomic E-state index is 13.3. The van der Waals surface area contributed by atoms with Gasteiger partial charge in [-0.25, -0.2) is 0 Å². The Hall–Kier alpha value is -2.63. The molecule has 11 heteroatoms. The molecule has 196 valence electrons. The second-order valence-corrected chi connectivity index (χ2v) is 9.42. The van der Waals surface area contributed by atoms with Crippen molar-refractivity contribution in [3.63, 3.8) is 0 Å². The van der Waals surface area contributed by atoms with E-state index in [1.807, 2.05) is 30.3 Å². The van der Waals surface area contributed by atoms with E-state index in [0.29, 0.717) is 38.1 Å². The van der Waals surface area contributed by atoms with E-state index in [0.717, 1.165) is 5.56 Å². The van der Waals surface area contributed by atoms with Crippen molar-refractivity contribution >= 4 is 5.91 Å². The van der Waals surface area contributed by atoms with Gasteiger partial charge in [-0.15, -0.1) is 0 Å². The summed E-state index contributed by atoms with van der Waals surface area (Å²) in [5.74, 6) is -0.217. The standard InChI is InChI=1S/C25H26F6N2O3/c1-16(17-9-19(24(26,27)28)11-20(10-17)25(29,30)31)36-15-23(18-5-3-2-4-6-18)8-7-22(13-32-23)14-35-12-21(34)33-22/h2-6,9-11,16,32H,7-8,12-15H2,1H3,(H,33,34)/t16?,22?,23-/m1/s1. The fourth-order valence-corrected chi connectivity index (χ4v) is 4.69. The zero-order chi connectivity index (χ0) is 26.2. The van der Waals surface area contributed by atoms with Crippen molar-refractivity contribution in [3.05, 3.63) is 70.8 Å². The average Bonchev–Trinajstić information content (AvgIpc) is 2.83. The molecule has 2 aliphatic heterocycles. The zero-order valence-corrected chi connectivity index (χ0v) is 19.4. The van der Waals surface area contributed by atoms with Crippen LogP contribution in [-0.4, -0.2) is 37.8 Å². The van der Waals surface area contributed by atoms with E-state index in [4.69, 9.17) is 9.47 Å². The molecule has 2 aliphatic rings. The summed E-state index contributed by atoms with van der Waals surface area (Å²) >= 11 is 0. The Morgan fingerprint density at radius 1 is 1.00 bits per heavy atom. The quantitative estimate of drug-likeness (QED) is 0.552. The van der Waals surface area contributed by atoms with Crippen LogP contribution in [-0.2, 0) is 32.2 Å². The molecule has 5 nitrogen and oxygen atoms in total. The minimum absolute atomic E-state index is 0.0108. The third kappa shape index (κ3) is 5.68. The van der Waals surface area contributed by atoms with Crippen molar-refractivity contribution in [2.75, 3.05) is 26.4 Å². The van der Waals surface area contributed by atoms with E-state index in [9.17, 15) is 31.1 Å². The van der Waals surface area contributed by atoms with Crippen LogP contribution in [0.4, 0.5) is 26.3 Å². The van der Waals surface area contributed by atoms with Gasteiger partial charge in [0.15, 0.2) is 0 Å². The molecule has 2 heterocycles.